The van der Waals surface area contributed by atoms with Crippen molar-refractivity contribution in [2.75, 3.05) is 39.3 Å². The molecule has 0 aliphatic carbocycles. The Bertz CT molecular complexity index is 564. The normalized spacial score (nSPS) is 22.9. The summed E-state index contributed by atoms with van der Waals surface area (Å²) < 4.78 is 0. The molecule has 2 saturated heterocycles. The van der Waals surface area contributed by atoms with Crippen molar-refractivity contribution in [1.82, 2.24) is 14.7 Å². The van der Waals surface area contributed by atoms with Crippen LogP contribution in [0.1, 0.15) is 39.2 Å². The van der Waals surface area contributed by atoms with E-state index in [9.17, 15) is 4.79 Å². The monoisotopic (exact) mass is 343 g/mol. The molecular formula is C21H33N3O. The number of piperazine rings is 1. The molecule has 0 radical (unpaired) electrons. The Hall–Kier alpha value is -1.39. The van der Waals surface area contributed by atoms with Gasteiger partial charge < -0.3 is 4.90 Å². The van der Waals surface area contributed by atoms with Crippen LogP contribution in [0.5, 0.6) is 0 Å². The Labute approximate surface area is 152 Å². The van der Waals surface area contributed by atoms with Gasteiger partial charge in [-0.15, -0.1) is 0 Å². The van der Waals surface area contributed by atoms with Crippen LogP contribution in [0.3, 0.4) is 0 Å². The minimum absolute atomic E-state index is 0.0881. The van der Waals surface area contributed by atoms with E-state index >= 15 is 0 Å². The predicted molar refractivity (Wildman–Crippen MR) is 102 cm³/mol. The maximum Gasteiger partial charge on any atom is 0.236 e. The second kappa shape index (κ2) is 7.88. The molecule has 1 aromatic rings. The van der Waals surface area contributed by atoms with E-state index in [4.69, 9.17) is 0 Å². The van der Waals surface area contributed by atoms with Gasteiger partial charge in [-0.2, -0.15) is 0 Å². The topological polar surface area (TPSA) is 26.8 Å². The van der Waals surface area contributed by atoms with Gasteiger partial charge in [0.05, 0.1) is 6.54 Å². The summed E-state index contributed by atoms with van der Waals surface area (Å²) in [6.07, 6.45) is 2.31. The van der Waals surface area contributed by atoms with Crippen LogP contribution >= 0.6 is 0 Å². The van der Waals surface area contributed by atoms with Gasteiger partial charge in [0.2, 0.25) is 5.91 Å². The number of carbonyl (C=O) groups is 1. The number of rotatable bonds is 4. The Morgan fingerprint density at radius 1 is 1.08 bits per heavy atom. The molecule has 4 nitrogen and oxygen atoms in total. The summed E-state index contributed by atoms with van der Waals surface area (Å²) in [6.45, 7) is 13.3. The lowest BCUT2D eigenvalue weighted by Crippen LogP contribution is -2.60. The molecule has 1 amide bonds. The molecule has 0 aromatic heterocycles. The average molecular weight is 344 g/mol. The number of benzene rings is 1. The van der Waals surface area contributed by atoms with Crippen LogP contribution in [0.25, 0.3) is 0 Å². The third kappa shape index (κ3) is 4.83. The van der Waals surface area contributed by atoms with Crippen LogP contribution in [-0.4, -0.2) is 65.4 Å². The molecule has 0 saturated carbocycles. The molecule has 2 fully saturated rings. The van der Waals surface area contributed by atoms with E-state index in [1.54, 1.807) is 0 Å². The van der Waals surface area contributed by atoms with Gasteiger partial charge in [-0.25, -0.2) is 0 Å². The van der Waals surface area contributed by atoms with Crippen molar-refractivity contribution in [3.8, 4) is 0 Å². The van der Waals surface area contributed by atoms with Crippen molar-refractivity contribution in [3.05, 3.63) is 35.9 Å². The lowest BCUT2D eigenvalue weighted by Gasteiger charge is -2.47. The molecule has 2 aliphatic heterocycles. The summed E-state index contributed by atoms with van der Waals surface area (Å²) in [5.74, 6) is 1.09. The second-order valence-corrected chi connectivity index (χ2v) is 8.49. The highest BCUT2D eigenvalue weighted by atomic mass is 16.2. The van der Waals surface area contributed by atoms with Crippen molar-refractivity contribution >= 4 is 5.91 Å². The molecule has 4 heteroatoms. The quantitative estimate of drug-likeness (QED) is 0.841. The Kier molecular flexibility index (Phi) is 5.80. The Morgan fingerprint density at radius 3 is 2.40 bits per heavy atom. The van der Waals surface area contributed by atoms with Crippen LogP contribution in [0, 0.1) is 5.92 Å². The summed E-state index contributed by atoms with van der Waals surface area (Å²) in [4.78, 5) is 19.6. The fourth-order valence-corrected chi connectivity index (χ4v) is 4.07. The van der Waals surface area contributed by atoms with Gasteiger partial charge in [-0.1, -0.05) is 37.3 Å². The van der Waals surface area contributed by atoms with Gasteiger partial charge in [0.25, 0.3) is 0 Å². The first-order chi connectivity index (χ1) is 11.9. The van der Waals surface area contributed by atoms with E-state index in [0.29, 0.717) is 12.5 Å². The van der Waals surface area contributed by atoms with E-state index in [-0.39, 0.29) is 5.54 Å². The highest BCUT2D eigenvalue weighted by Crippen LogP contribution is 2.24. The van der Waals surface area contributed by atoms with Gasteiger partial charge >= 0.3 is 0 Å². The average Bonchev–Trinajstić information content (AvgIpc) is 2.58. The lowest BCUT2D eigenvalue weighted by atomic mass is 9.97. The molecule has 25 heavy (non-hydrogen) atoms. The number of hydrogen-bond acceptors (Lipinski definition) is 3. The van der Waals surface area contributed by atoms with E-state index in [1.165, 1.54) is 5.56 Å². The van der Waals surface area contributed by atoms with Gasteiger partial charge in [0, 0.05) is 44.8 Å². The summed E-state index contributed by atoms with van der Waals surface area (Å²) in [5.41, 5.74) is 1.45. The van der Waals surface area contributed by atoms with Crippen molar-refractivity contribution < 1.29 is 4.79 Å². The number of carbonyl (C=O) groups excluding carboxylic acids is 1. The van der Waals surface area contributed by atoms with Gasteiger partial charge in [-0.3, -0.25) is 14.6 Å². The van der Waals surface area contributed by atoms with Crippen molar-refractivity contribution in [2.45, 2.75) is 45.7 Å². The van der Waals surface area contributed by atoms with Crippen LogP contribution in [0.15, 0.2) is 30.3 Å². The molecule has 0 unspecified atom stereocenters. The van der Waals surface area contributed by atoms with Crippen LogP contribution < -0.4 is 0 Å². The van der Waals surface area contributed by atoms with Gasteiger partial charge in [0.1, 0.15) is 0 Å². The molecule has 2 heterocycles. The molecule has 2 aliphatic rings. The zero-order valence-corrected chi connectivity index (χ0v) is 16.1. The summed E-state index contributed by atoms with van der Waals surface area (Å²) in [5, 5.41) is 0. The van der Waals surface area contributed by atoms with E-state index in [1.807, 2.05) is 0 Å². The molecule has 0 atom stereocenters. The van der Waals surface area contributed by atoms with Crippen LogP contribution in [-0.2, 0) is 11.3 Å². The first kappa shape index (κ1) is 18.4. The maximum absolute atomic E-state index is 12.6. The minimum Gasteiger partial charge on any atom is -0.342 e. The second-order valence-electron chi connectivity index (χ2n) is 8.49. The number of likely N-dealkylation sites (tertiary alicyclic amines) is 1. The fraction of sp³-hybridized carbons (Fsp3) is 0.667. The summed E-state index contributed by atoms with van der Waals surface area (Å²) >= 11 is 0. The molecule has 3 rings (SSSR count). The third-order valence-corrected chi connectivity index (χ3v) is 5.86. The Balaban J connectivity index is 1.52. The van der Waals surface area contributed by atoms with Crippen LogP contribution in [0.2, 0.25) is 0 Å². The molecule has 0 N–H and O–H groups in total. The predicted octanol–water partition coefficient (Wildman–Crippen LogP) is 2.84. The van der Waals surface area contributed by atoms with Gasteiger partial charge in [-0.05, 0) is 38.2 Å². The zero-order chi connectivity index (χ0) is 17.9. The first-order valence-electron chi connectivity index (χ1n) is 9.73. The van der Waals surface area contributed by atoms with Gasteiger partial charge in [0.15, 0.2) is 0 Å². The molecule has 0 bridgehead atoms. The Morgan fingerprint density at radius 2 is 1.76 bits per heavy atom. The van der Waals surface area contributed by atoms with E-state index in [0.717, 1.165) is 58.0 Å². The molecule has 0 spiro atoms. The SMILES string of the molecule is CC1CCN(C(=O)CN2CCN(Cc3ccccc3)C(C)(C)C2)CC1. The maximum atomic E-state index is 12.6. The lowest BCUT2D eigenvalue weighted by molar-refractivity contribution is -0.135. The van der Waals surface area contributed by atoms with E-state index in [2.05, 4.69) is 65.8 Å². The van der Waals surface area contributed by atoms with E-state index < -0.39 is 0 Å². The number of hydrogen-bond donors (Lipinski definition) is 0. The highest BCUT2D eigenvalue weighted by Gasteiger charge is 2.34. The highest BCUT2D eigenvalue weighted by molar-refractivity contribution is 5.78. The van der Waals surface area contributed by atoms with Crippen molar-refractivity contribution in [2.24, 2.45) is 5.92 Å². The third-order valence-electron chi connectivity index (χ3n) is 5.86. The van der Waals surface area contributed by atoms with Crippen molar-refractivity contribution in [1.29, 1.82) is 0 Å². The first-order valence-corrected chi connectivity index (χ1v) is 9.73. The van der Waals surface area contributed by atoms with Crippen LogP contribution in [0.4, 0.5) is 0 Å². The molecule has 1 aromatic carbocycles. The number of piperidine rings is 1. The fourth-order valence-electron chi connectivity index (χ4n) is 4.07. The zero-order valence-electron chi connectivity index (χ0n) is 16.1. The summed E-state index contributed by atoms with van der Waals surface area (Å²) in [6, 6.07) is 10.7. The standard InChI is InChI=1S/C21H33N3O/c1-18-9-11-23(12-10-18)20(25)16-22-13-14-24(21(2,3)17-22)15-19-7-5-4-6-8-19/h4-8,18H,9-17H2,1-3H3. The van der Waals surface area contributed by atoms with Crippen molar-refractivity contribution in [3.63, 3.8) is 0 Å². The largest absolute Gasteiger partial charge is 0.342 e. The smallest absolute Gasteiger partial charge is 0.236 e. The number of nitrogens with zero attached hydrogens (tertiary/aromatic N) is 3. The number of amides is 1. The molecule has 138 valence electrons. The minimum atomic E-state index is 0.0881. The summed E-state index contributed by atoms with van der Waals surface area (Å²) in [7, 11) is 0. The molecular weight excluding hydrogens is 310 g/mol.